The molecule has 0 saturated carbocycles. The number of fused-ring (bicyclic) bond motifs is 3. The normalized spacial score (nSPS) is 10.2. The van der Waals surface area contributed by atoms with Gasteiger partial charge in [0.1, 0.15) is 0 Å². The predicted molar refractivity (Wildman–Crippen MR) is 73.7 cm³/mol. The van der Waals surface area contributed by atoms with Crippen LogP contribution >= 0.6 is 26.9 Å². The van der Waals surface area contributed by atoms with Crippen LogP contribution in [0, 0.1) is 6.20 Å². The standard InChI is InChI=1S/C12H7N2.2BrH.Pd/c1-3-9-5-6-10-4-2-8-14-12(10)11(9)13-7-1;;;/h1-7H;2*1H;/q-1;;;+2/p-2. The molecule has 3 aromatic rings. The summed E-state index contributed by atoms with van der Waals surface area (Å²) in [5, 5.41) is 2.22. The SMILES string of the molecule is [Br][Pd][Br].[c-]1ccc2ccc3cccnc3c2n1. The number of benzene rings is 1. The van der Waals surface area contributed by atoms with E-state index in [-0.39, 0.29) is 0 Å². The zero-order valence-electron chi connectivity index (χ0n) is 8.51. The van der Waals surface area contributed by atoms with Crippen molar-refractivity contribution in [2.24, 2.45) is 0 Å². The summed E-state index contributed by atoms with van der Waals surface area (Å²) in [6.45, 7) is 0. The summed E-state index contributed by atoms with van der Waals surface area (Å²) in [7, 11) is 0. The maximum absolute atomic E-state index is 4.33. The fraction of sp³-hybridized carbons (Fsp3) is 0. The first-order valence-corrected chi connectivity index (χ1v) is 11.8. The molecular formula is C12H7Br2N2Pd-. The Kier molecular flexibility index (Phi) is 5.05. The van der Waals surface area contributed by atoms with Gasteiger partial charge in [0.25, 0.3) is 0 Å². The summed E-state index contributed by atoms with van der Waals surface area (Å²) in [4.78, 5) is 8.55. The smallest absolute Gasteiger partial charge is 0.0405 e. The molecule has 5 heteroatoms. The minimum absolute atomic E-state index is 0.575. The molecule has 0 unspecified atom stereocenters. The van der Waals surface area contributed by atoms with Crippen molar-refractivity contribution in [3.63, 3.8) is 0 Å². The second kappa shape index (κ2) is 6.56. The maximum atomic E-state index is 4.33. The van der Waals surface area contributed by atoms with Crippen LogP contribution in [0.25, 0.3) is 21.8 Å². The van der Waals surface area contributed by atoms with Crippen LogP contribution in [0.1, 0.15) is 0 Å². The molecule has 0 amide bonds. The van der Waals surface area contributed by atoms with Gasteiger partial charge in [-0.25, -0.2) is 0 Å². The van der Waals surface area contributed by atoms with E-state index in [1.807, 2.05) is 24.3 Å². The Hall–Kier alpha value is -0.338. The molecule has 0 fully saturated rings. The number of pyridine rings is 2. The molecule has 90 valence electrons. The third-order valence-electron chi connectivity index (χ3n) is 2.29. The van der Waals surface area contributed by atoms with Gasteiger partial charge in [-0.2, -0.15) is 12.1 Å². The van der Waals surface area contributed by atoms with Gasteiger partial charge in [-0.15, -0.1) is 5.39 Å². The van der Waals surface area contributed by atoms with Gasteiger partial charge in [-0.05, 0) is 17.0 Å². The Bertz CT molecular complexity index is 576. The molecule has 0 N–H and O–H groups in total. The van der Waals surface area contributed by atoms with Gasteiger partial charge in [0.15, 0.2) is 0 Å². The first kappa shape index (κ1) is 13.1. The van der Waals surface area contributed by atoms with Gasteiger partial charge in [0.2, 0.25) is 0 Å². The average Bonchev–Trinajstić information content (AvgIpc) is 2.40. The van der Waals surface area contributed by atoms with Crippen LogP contribution in [-0.2, 0) is 13.9 Å². The molecule has 2 nitrogen and oxygen atoms in total. The molecule has 0 aliphatic rings. The van der Waals surface area contributed by atoms with Crippen LogP contribution in [0.5, 0.6) is 0 Å². The molecule has 17 heavy (non-hydrogen) atoms. The summed E-state index contributed by atoms with van der Waals surface area (Å²) in [5.41, 5.74) is 1.87. The first-order valence-electron chi connectivity index (χ1n) is 4.69. The Morgan fingerprint density at radius 2 is 1.71 bits per heavy atom. The number of nitrogens with zero attached hydrogens (tertiary/aromatic N) is 2. The van der Waals surface area contributed by atoms with Crippen molar-refractivity contribution < 1.29 is 13.9 Å². The second-order valence-electron chi connectivity index (χ2n) is 3.20. The zero-order chi connectivity index (χ0) is 12.1. The maximum Gasteiger partial charge on any atom is 0.0405 e. The number of halogens is 2. The minimum atomic E-state index is 0.575. The van der Waals surface area contributed by atoms with E-state index < -0.39 is 0 Å². The summed E-state index contributed by atoms with van der Waals surface area (Å²) in [5.74, 6) is 0. The van der Waals surface area contributed by atoms with E-state index in [1.165, 1.54) is 0 Å². The van der Waals surface area contributed by atoms with Crippen molar-refractivity contribution in [3.05, 3.63) is 48.8 Å². The monoisotopic (exact) mass is 443 g/mol. The molecule has 0 saturated heterocycles. The van der Waals surface area contributed by atoms with Crippen molar-refractivity contribution in [3.8, 4) is 0 Å². The number of hydrogen-bond donors (Lipinski definition) is 0. The van der Waals surface area contributed by atoms with E-state index in [2.05, 4.69) is 55.2 Å². The van der Waals surface area contributed by atoms with Crippen molar-refractivity contribution in [1.82, 2.24) is 9.97 Å². The minimum Gasteiger partial charge on any atom is -0.384 e. The molecule has 0 aliphatic heterocycles. The Morgan fingerprint density at radius 1 is 1.00 bits per heavy atom. The molecule has 3 rings (SSSR count). The predicted octanol–water partition coefficient (Wildman–Crippen LogP) is 4.27. The van der Waals surface area contributed by atoms with Crippen LogP contribution in [0.3, 0.4) is 0 Å². The number of hydrogen-bond acceptors (Lipinski definition) is 2. The van der Waals surface area contributed by atoms with Gasteiger partial charge >= 0.3 is 40.8 Å². The molecular weight excluding hydrogens is 438 g/mol. The Morgan fingerprint density at radius 3 is 2.47 bits per heavy atom. The molecule has 0 atom stereocenters. The van der Waals surface area contributed by atoms with Crippen molar-refractivity contribution >= 4 is 48.7 Å². The Balaban J connectivity index is 0.000000329. The van der Waals surface area contributed by atoms with Crippen molar-refractivity contribution in [2.45, 2.75) is 0 Å². The quantitative estimate of drug-likeness (QED) is 0.294. The van der Waals surface area contributed by atoms with E-state index in [4.69, 9.17) is 0 Å². The van der Waals surface area contributed by atoms with E-state index in [0.717, 1.165) is 21.8 Å². The Labute approximate surface area is 120 Å². The molecule has 2 aromatic heterocycles. The van der Waals surface area contributed by atoms with Gasteiger partial charge in [0, 0.05) is 11.7 Å². The summed E-state index contributed by atoms with van der Waals surface area (Å²) < 4.78 is 0. The third kappa shape index (κ3) is 3.11. The fourth-order valence-corrected chi connectivity index (χ4v) is 1.63. The van der Waals surface area contributed by atoms with Gasteiger partial charge in [0.05, 0.1) is 0 Å². The molecule has 1 aromatic carbocycles. The number of aromatic nitrogens is 2. The van der Waals surface area contributed by atoms with Crippen LogP contribution in [-0.4, -0.2) is 9.97 Å². The van der Waals surface area contributed by atoms with E-state index >= 15 is 0 Å². The molecule has 2 heterocycles. The molecule has 0 aliphatic carbocycles. The van der Waals surface area contributed by atoms with Crippen LogP contribution < -0.4 is 0 Å². The van der Waals surface area contributed by atoms with Gasteiger partial charge in [-0.3, -0.25) is 4.98 Å². The van der Waals surface area contributed by atoms with Crippen molar-refractivity contribution in [2.75, 3.05) is 0 Å². The largest absolute Gasteiger partial charge is 0.384 e. The summed E-state index contributed by atoms with van der Waals surface area (Å²) >= 11 is 6.80. The van der Waals surface area contributed by atoms with E-state index in [9.17, 15) is 0 Å². The van der Waals surface area contributed by atoms with Gasteiger partial charge < -0.3 is 4.98 Å². The fourth-order valence-electron chi connectivity index (χ4n) is 1.63. The second-order valence-corrected chi connectivity index (χ2v) is 10.4. The molecule has 0 bridgehead atoms. The first-order chi connectivity index (χ1) is 8.36. The molecule has 0 radical (unpaired) electrons. The molecule has 0 spiro atoms. The van der Waals surface area contributed by atoms with Crippen LogP contribution in [0.4, 0.5) is 0 Å². The van der Waals surface area contributed by atoms with E-state index in [1.54, 1.807) is 6.20 Å². The van der Waals surface area contributed by atoms with Crippen molar-refractivity contribution in [1.29, 1.82) is 0 Å². The van der Waals surface area contributed by atoms with Crippen LogP contribution in [0.15, 0.2) is 42.6 Å². The summed E-state index contributed by atoms with van der Waals surface area (Å²) in [6.07, 6.45) is 4.63. The average molecular weight is 445 g/mol. The summed E-state index contributed by atoms with van der Waals surface area (Å²) in [6, 6.07) is 11.9. The topological polar surface area (TPSA) is 25.8 Å². The van der Waals surface area contributed by atoms with E-state index in [0.29, 0.717) is 13.9 Å². The number of rotatable bonds is 0. The zero-order valence-corrected chi connectivity index (χ0v) is 13.2. The third-order valence-corrected chi connectivity index (χ3v) is 2.29. The van der Waals surface area contributed by atoms with Crippen LogP contribution in [0.2, 0.25) is 0 Å². The van der Waals surface area contributed by atoms with Gasteiger partial charge in [-0.1, -0.05) is 24.4 Å².